The van der Waals surface area contributed by atoms with Gasteiger partial charge in [0.15, 0.2) is 5.69 Å². The third kappa shape index (κ3) is 5.35. The van der Waals surface area contributed by atoms with Gasteiger partial charge in [-0.2, -0.15) is 4.79 Å². The molecule has 1 aliphatic heterocycles. The van der Waals surface area contributed by atoms with Crippen LogP contribution in [0.15, 0.2) is 72.8 Å². The van der Waals surface area contributed by atoms with Crippen molar-refractivity contribution < 1.29 is 19.1 Å². The Morgan fingerprint density at radius 1 is 1.00 bits per heavy atom. The van der Waals surface area contributed by atoms with E-state index in [1.54, 1.807) is 67.4 Å². The van der Waals surface area contributed by atoms with Crippen molar-refractivity contribution in [2.24, 2.45) is 5.73 Å². The van der Waals surface area contributed by atoms with E-state index in [4.69, 9.17) is 15.9 Å². The second-order valence-corrected chi connectivity index (χ2v) is 9.45. The molecule has 1 unspecified atom stereocenters. The highest BCUT2D eigenvalue weighted by molar-refractivity contribution is 6.14. The summed E-state index contributed by atoms with van der Waals surface area (Å²) < 4.78 is 4.65. The van der Waals surface area contributed by atoms with Crippen LogP contribution in [0, 0.1) is 5.41 Å². The molecule has 3 aromatic carbocycles. The first-order valence-corrected chi connectivity index (χ1v) is 12.8. The maximum absolute atomic E-state index is 13.8. The lowest BCUT2D eigenvalue weighted by Crippen LogP contribution is -2.55. The lowest BCUT2D eigenvalue weighted by atomic mass is 9.97. The zero-order chi connectivity index (χ0) is 27.3. The molecule has 8 nitrogen and oxygen atoms in total. The van der Waals surface area contributed by atoms with Crippen molar-refractivity contribution in [2.45, 2.75) is 32.6 Å². The van der Waals surface area contributed by atoms with E-state index in [1.807, 2.05) is 24.3 Å². The van der Waals surface area contributed by atoms with Gasteiger partial charge in [0, 0.05) is 36.3 Å². The third-order valence-electron chi connectivity index (χ3n) is 6.95. The molecule has 0 saturated heterocycles. The minimum Gasteiger partial charge on any atom is -0.420 e. The van der Waals surface area contributed by atoms with Crippen molar-refractivity contribution in [1.82, 2.24) is 4.48 Å². The summed E-state index contributed by atoms with van der Waals surface area (Å²) in [6.07, 6.45) is 1.79. The molecule has 3 N–H and O–H groups in total. The fourth-order valence-electron chi connectivity index (χ4n) is 4.77. The standard InChI is InChI=1S/C30H33N4O4/c1-3-38-30(37)34(2,25-9-5-4-6-10-25)29(36)24-16-17-26-23(20-24)8-7-19-33(26)27(35)18-13-21-11-14-22(15-12-21)28(31)32/h4-6,9-12,14-17,20H,3,7-8,13,18-19H2,1-2H3,(H3,31,32)/q+1. The van der Waals surface area contributed by atoms with Crippen LogP contribution in [0.5, 0.6) is 0 Å². The molecule has 4 rings (SSSR count). The SMILES string of the molecule is CCOC(=O)[N+](C)(C(=O)c1ccc2c(c1)CCCN2C(=O)CCc1ccc(C(=N)N)cc1)c1ccccc1. The van der Waals surface area contributed by atoms with Gasteiger partial charge in [-0.3, -0.25) is 10.2 Å². The molecule has 1 atom stereocenters. The Morgan fingerprint density at radius 3 is 2.34 bits per heavy atom. The lowest BCUT2D eigenvalue weighted by molar-refractivity contribution is -0.118. The Hall–Kier alpha value is -4.30. The highest BCUT2D eigenvalue weighted by Gasteiger charge is 2.45. The van der Waals surface area contributed by atoms with E-state index in [-0.39, 0.29) is 18.3 Å². The predicted molar refractivity (Wildman–Crippen MR) is 148 cm³/mol. The maximum Gasteiger partial charge on any atom is 0.528 e. The number of nitrogens with one attached hydrogen (secondary N) is 1. The molecule has 0 spiro atoms. The molecule has 3 amide bonds. The summed E-state index contributed by atoms with van der Waals surface area (Å²) in [6.45, 7) is 2.49. The number of rotatable bonds is 7. The minimum atomic E-state index is -0.644. The van der Waals surface area contributed by atoms with E-state index in [9.17, 15) is 14.4 Å². The van der Waals surface area contributed by atoms with Gasteiger partial charge >= 0.3 is 12.0 Å². The van der Waals surface area contributed by atoms with Crippen LogP contribution in [0.25, 0.3) is 0 Å². The molecule has 196 valence electrons. The highest BCUT2D eigenvalue weighted by Crippen LogP contribution is 2.32. The van der Waals surface area contributed by atoms with Crippen LogP contribution in [0.3, 0.4) is 0 Å². The number of imide groups is 1. The van der Waals surface area contributed by atoms with Gasteiger partial charge in [0.05, 0.1) is 19.2 Å². The van der Waals surface area contributed by atoms with Gasteiger partial charge in [0.2, 0.25) is 5.91 Å². The summed E-state index contributed by atoms with van der Waals surface area (Å²) in [6, 6.07) is 21.5. The molecular weight excluding hydrogens is 480 g/mol. The van der Waals surface area contributed by atoms with Crippen LogP contribution in [0.4, 0.5) is 16.2 Å². The molecule has 8 heteroatoms. The molecule has 3 aromatic rings. The van der Waals surface area contributed by atoms with E-state index in [0.29, 0.717) is 36.2 Å². The average molecular weight is 514 g/mol. The molecule has 0 bridgehead atoms. The van der Waals surface area contributed by atoms with E-state index in [0.717, 1.165) is 29.7 Å². The van der Waals surface area contributed by atoms with E-state index in [2.05, 4.69) is 0 Å². The van der Waals surface area contributed by atoms with Crippen molar-refractivity contribution in [2.75, 3.05) is 25.1 Å². The average Bonchev–Trinajstić information content (AvgIpc) is 2.95. The summed E-state index contributed by atoms with van der Waals surface area (Å²) in [5.74, 6) is -0.368. The van der Waals surface area contributed by atoms with E-state index in [1.165, 1.54) is 0 Å². The van der Waals surface area contributed by atoms with Gasteiger partial charge in [-0.05, 0) is 55.5 Å². The molecule has 0 aromatic heterocycles. The van der Waals surface area contributed by atoms with Crippen molar-refractivity contribution in [3.05, 3.63) is 95.1 Å². The number of carbonyl (C=O) groups is 3. The van der Waals surface area contributed by atoms with Gasteiger partial charge in [-0.15, -0.1) is 4.48 Å². The Balaban J connectivity index is 1.55. The number of benzene rings is 3. The summed E-state index contributed by atoms with van der Waals surface area (Å²) in [7, 11) is 1.55. The van der Waals surface area contributed by atoms with Gasteiger partial charge in [0.25, 0.3) is 0 Å². The summed E-state index contributed by atoms with van der Waals surface area (Å²) >= 11 is 0. The first kappa shape index (κ1) is 26.8. The van der Waals surface area contributed by atoms with E-state index < -0.39 is 16.5 Å². The highest BCUT2D eigenvalue weighted by atomic mass is 16.6. The number of para-hydroxylation sites is 1. The van der Waals surface area contributed by atoms with Gasteiger partial charge in [0.1, 0.15) is 5.84 Å². The number of hydrogen-bond acceptors (Lipinski definition) is 5. The van der Waals surface area contributed by atoms with Crippen molar-refractivity contribution in [3.63, 3.8) is 0 Å². The fourth-order valence-corrected chi connectivity index (χ4v) is 4.77. The predicted octanol–water partition coefficient (Wildman–Crippen LogP) is 4.82. The quantitative estimate of drug-likeness (QED) is 0.267. The fraction of sp³-hybridized carbons (Fsp3) is 0.267. The van der Waals surface area contributed by atoms with Crippen molar-refractivity contribution in [3.8, 4) is 0 Å². The smallest absolute Gasteiger partial charge is 0.420 e. The topological polar surface area (TPSA) is 114 Å². The number of anilines is 1. The zero-order valence-corrected chi connectivity index (χ0v) is 21.8. The number of fused-ring (bicyclic) bond motifs is 1. The molecular formula is C30H33N4O4+. The van der Waals surface area contributed by atoms with Crippen LogP contribution >= 0.6 is 0 Å². The van der Waals surface area contributed by atoms with Gasteiger partial charge < -0.3 is 15.4 Å². The first-order chi connectivity index (χ1) is 18.3. The normalized spacial score (nSPS) is 14.2. The number of hydrogen-bond donors (Lipinski definition) is 2. The van der Waals surface area contributed by atoms with Crippen LogP contribution < -0.4 is 15.1 Å². The minimum absolute atomic E-state index is 0.0112. The number of nitrogen functional groups attached to an aromatic ring is 1. The second kappa shape index (κ2) is 11.4. The molecule has 1 aliphatic rings. The Bertz CT molecular complexity index is 1350. The molecule has 38 heavy (non-hydrogen) atoms. The molecule has 1 heterocycles. The number of amidine groups is 1. The summed E-state index contributed by atoms with van der Waals surface area (Å²) in [5, 5.41) is 7.51. The van der Waals surface area contributed by atoms with Crippen LogP contribution in [0.1, 0.15) is 46.8 Å². The number of aryl methyl sites for hydroxylation is 2. The lowest BCUT2D eigenvalue weighted by Gasteiger charge is -2.31. The molecule has 0 radical (unpaired) electrons. The first-order valence-electron chi connectivity index (χ1n) is 12.8. The van der Waals surface area contributed by atoms with Gasteiger partial charge in [-0.25, -0.2) is 4.79 Å². The molecule has 0 fully saturated rings. The van der Waals surface area contributed by atoms with Crippen molar-refractivity contribution in [1.29, 1.82) is 5.41 Å². The Kier molecular flexibility index (Phi) is 8.02. The summed E-state index contributed by atoms with van der Waals surface area (Å²) in [4.78, 5) is 41.7. The zero-order valence-electron chi connectivity index (χ0n) is 21.8. The summed E-state index contributed by atoms with van der Waals surface area (Å²) in [5.41, 5.74) is 9.78. The number of nitrogens with two attached hydrogens (primary N) is 1. The van der Waals surface area contributed by atoms with Crippen molar-refractivity contribution >= 4 is 35.1 Å². The van der Waals surface area contributed by atoms with Crippen LogP contribution in [0.2, 0.25) is 0 Å². The molecule has 0 aliphatic carbocycles. The number of ether oxygens (including phenoxy) is 1. The van der Waals surface area contributed by atoms with Crippen LogP contribution in [-0.4, -0.2) is 43.9 Å². The van der Waals surface area contributed by atoms with Gasteiger partial charge in [-0.1, -0.05) is 42.5 Å². The number of carbonyl (C=O) groups excluding carboxylic acids is 3. The number of quaternary nitrogens is 1. The second-order valence-electron chi connectivity index (χ2n) is 9.45. The largest absolute Gasteiger partial charge is 0.528 e. The van der Waals surface area contributed by atoms with E-state index >= 15 is 0 Å². The maximum atomic E-state index is 13.8. The van der Waals surface area contributed by atoms with Crippen LogP contribution in [-0.2, 0) is 22.4 Å². The monoisotopic (exact) mass is 513 g/mol. The number of nitrogens with zero attached hydrogens (tertiary/aromatic N) is 2. The molecule has 0 saturated carbocycles. The third-order valence-corrected chi connectivity index (χ3v) is 6.95. The Morgan fingerprint density at radius 2 is 1.68 bits per heavy atom. The number of amides is 3. The Labute approximate surface area is 222 Å².